The Labute approximate surface area is 124 Å². The number of nitrogens with zero attached hydrogens (tertiary/aromatic N) is 2. The minimum absolute atomic E-state index is 0.650. The van der Waals surface area contributed by atoms with Gasteiger partial charge in [0.15, 0.2) is 0 Å². The lowest BCUT2D eigenvalue weighted by atomic mass is 9.98. The number of pyridine rings is 1. The molecule has 0 unspecified atom stereocenters. The molecule has 2 heterocycles. The van der Waals surface area contributed by atoms with E-state index in [1.165, 1.54) is 5.39 Å². The maximum absolute atomic E-state index is 5.96. The summed E-state index contributed by atoms with van der Waals surface area (Å²) in [6, 6.07) is 8.20. The van der Waals surface area contributed by atoms with E-state index in [9.17, 15) is 0 Å². The maximum atomic E-state index is 5.96. The summed E-state index contributed by atoms with van der Waals surface area (Å²) in [4.78, 5) is 6.96. The van der Waals surface area contributed by atoms with Gasteiger partial charge in [-0.2, -0.15) is 0 Å². The minimum atomic E-state index is 0.650. The minimum Gasteiger partial charge on any atom is -0.497 e. The Bertz CT molecular complexity index is 594. The molecule has 0 atom stereocenters. The number of aromatic nitrogens is 1. The quantitative estimate of drug-likeness (QED) is 0.806. The number of piperidine rings is 1. The molecule has 1 fully saturated rings. The van der Waals surface area contributed by atoms with Crippen molar-refractivity contribution in [1.82, 2.24) is 4.98 Å². The molecule has 106 valence electrons. The molecule has 0 aliphatic carbocycles. The van der Waals surface area contributed by atoms with E-state index < -0.39 is 0 Å². The van der Waals surface area contributed by atoms with Gasteiger partial charge in [-0.1, -0.05) is 6.07 Å². The number of halogens is 1. The Kier molecular flexibility index (Phi) is 3.97. The van der Waals surface area contributed by atoms with Gasteiger partial charge in [0.1, 0.15) is 11.6 Å². The molecule has 1 aromatic carbocycles. The standard InChI is InChI=1S/C16H19ClN2O/c1-20-14-3-2-13-4-7-18-16(15(13)10-14)19-8-5-12(11-17)6-9-19/h2-4,7,10,12H,5-6,8-9,11H2,1H3. The molecule has 1 aromatic heterocycles. The first kappa shape index (κ1) is 13.5. The lowest BCUT2D eigenvalue weighted by Gasteiger charge is -2.32. The molecule has 0 radical (unpaired) electrons. The highest BCUT2D eigenvalue weighted by atomic mass is 35.5. The largest absolute Gasteiger partial charge is 0.497 e. The summed E-state index contributed by atoms with van der Waals surface area (Å²) in [5, 5.41) is 2.37. The summed E-state index contributed by atoms with van der Waals surface area (Å²) in [7, 11) is 1.70. The smallest absolute Gasteiger partial charge is 0.136 e. The van der Waals surface area contributed by atoms with E-state index in [1.54, 1.807) is 7.11 Å². The Morgan fingerprint density at radius 1 is 1.30 bits per heavy atom. The Morgan fingerprint density at radius 2 is 2.10 bits per heavy atom. The Hall–Kier alpha value is -1.48. The van der Waals surface area contributed by atoms with E-state index in [4.69, 9.17) is 16.3 Å². The van der Waals surface area contributed by atoms with Crippen LogP contribution >= 0.6 is 11.6 Å². The second-order valence-electron chi connectivity index (χ2n) is 5.31. The van der Waals surface area contributed by atoms with Crippen molar-refractivity contribution in [2.45, 2.75) is 12.8 Å². The molecular weight excluding hydrogens is 272 g/mol. The van der Waals surface area contributed by atoms with Gasteiger partial charge in [0, 0.05) is 30.6 Å². The van der Waals surface area contributed by atoms with Crippen molar-refractivity contribution in [3.63, 3.8) is 0 Å². The lowest BCUT2D eigenvalue weighted by Crippen LogP contribution is -2.34. The first-order chi connectivity index (χ1) is 9.81. The molecule has 3 rings (SSSR count). The number of anilines is 1. The molecule has 2 aromatic rings. The van der Waals surface area contributed by atoms with Crippen LogP contribution in [0.25, 0.3) is 10.8 Å². The molecule has 0 bridgehead atoms. The highest BCUT2D eigenvalue weighted by Gasteiger charge is 2.20. The molecule has 20 heavy (non-hydrogen) atoms. The van der Waals surface area contributed by atoms with Crippen LogP contribution in [-0.2, 0) is 0 Å². The number of ether oxygens (including phenoxy) is 1. The van der Waals surface area contributed by atoms with Crippen LogP contribution < -0.4 is 9.64 Å². The fraction of sp³-hybridized carbons (Fsp3) is 0.438. The molecule has 0 spiro atoms. The van der Waals surface area contributed by atoms with E-state index in [2.05, 4.69) is 22.0 Å². The topological polar surface area (TPSA) is 25.4 Å². The van der Waals surface area contributed by atoms with E-state index in [0.29, 0.717) is 5.92 Å². The zero-order chi connectivity index (χ0) is 13.9. The Morgan fingerprint density at radius 3 is 2.80 bits per heavy atom. The average molecular weight is 291 g/mol. The first-order valence-corrected chi connectivity index (χ1v) is 7.59. The fourth-order valence-electron chi connectivity index (χ4n) is 2.81. The second-order valence-corrected chi connectivity index (χ2v) is 5.61. The molecule has 1 saturated heterocycles. The van der Waals surface area contributed by atoms with Crippen molar-refractivity contribution in [2.24, 2.45) is 5.92 Å². The Balaban J connectivity index is 1.94. The van der Waals surface area contributed by atoms with Gasteiger partial charge in [0.25, 0.3) is 0 Å². The molecule has 0 amide bonds. The fourth-order valence-corrected chi connectivity index (χ4v) is 3.12. The number of hydrogen-bond acceptors (Lipinski definition) is 3. The van der Waals surface area contributed by atoms with Crippen LogP contribution in [0.15, 0.2) is 30.5 Å². The van der Waals surface area contributed by atoms with Crippen LogP contribution in [0.4, 0.5) is 5.82 Å². The normalized spacial score (nSPS) is 16.6. The van der Waals surface area contributed by atoms with Crippen molar-refractivity contribution in [3.8, 4) is 5.75 Å². The third-order valence-corrected chi connectivity index (χ3v) is 4.52. The summed E-state index contributed by atoms with van der Waals surface area (Å²) in [5.74, 6) is 3.36. The third-order valence-electron chi connectivity index (χ3n) is 4.08. The molecule has 0 saturated carbocycles. The molecule has 1 aliphatic heterocycles. The van der Waals surface area contributed by atoms with Crippen LogP contribution in [0.2, 0.25) is 0 Å². The second kappa shape index (κ2) is 5.88. The molecule has 4 heteroatoms. The third kappa shape index (κ3) is 2.55. The van der Waals surface area contributed by atoms with E-state index in [-0.39, 0.29) is 0 Å². The van der Waals surface area contributed by atoms with E-state index >= 15 is 0 Å². The van der Waals surface area contributed by atoms with Gasteiger partial charge in [0.2, 0.25) is 0 Å². The number of rotatable bonds is 3. The number of hydrogen-bond donors (Lipinski definition) is 0. The summed E-state index contributed by atoms with van der Waals surface area (Å²) >= 11 is 5.96. The van der Waals surface area contributed by atoms with Crippen molar-refractivity contribution in [1.29, 1.82) is 0 Å². The van der Waals surface area contributed by atoms with Crippen LogP contribution in [-0.4, -0.2) is 31.1 Å². The van der Waals surface area contributed by atoms with Crippen LogP contribution in [0.3, 0.4) is 0 Å². The van der Waals surface area contributed by atoms with Crippen molar-refractivity contribution >= 4 is 28.2 Å². The summed E-state index contributed by atoms with van der Waals surface area (Å²) in [5.41, 5.74) is 0. The van der Waals surface area contributed by atoms with Gasteiger partial charge in [-0.15, -0.1) is 11.6 Å². The molecule has 1 aliphatic rings. The first-order valence-electron chi connectivity index (χ1n) is 7.05. The zero-order valence-electron chi connectivity index (χ0n) is 11.7. The predicted molar refractivity (Wildman–Crippen MR) is 84.0 cm³/mol. The number of methoxy groups -OCH3 is 1. The van der Waals surface area contributed by atoms with Crippen LogP contribution in [0, 0.1) is 5.92 Å². The predicted octanol–water partition coefficient (Wildman–Crippen LogP) is 3.70. The highest BCUT2D eigenvalue weighted by Crippen LogP contribution is 2.30. The van der Waals surface area contributed by atoms with Crippen molar-refractivity contribution < 1.29 is 4.74 Å². The monoisotopic (exact) mass is 290 g/mol. The number of benzene rings is 1. The van der Waals surface area contributed by atoms with Crippen LogP contribution in [0.5, 0.6) is 5.75 Å². The molecular formula is C16H19ClN2O. The molecule has 3 nitrogen and oxygen atoms in total. The maximum Gasteiger partial charge on any atom is 0.136 e. The summed E-state index contributed by atoms with van der Waals surface area (Å²) in [6.45, 7) is 2.06. The summed E-state index contributed by atoms with van der Waals surface area (Å²) < 4.78 is 5.34. The van der Waals surface area contributed by atoms with Gasteiger partial charge in [-0.05, 0) is 42.3 Å². The van der Waals surface area contributed by atoms with Gasteiger partial charge < -0.3 is 9.64 Å². The molecule has 0 N–H and O–H groups in total. The highest BCUT2D eigenvalue weighted by molar-refractivity contribution is 6.18. The lowest BCUT2D eigenvalue weighted by molar-refractivity contribution is 0.415. The van der Waals surface area contributed by atoms with Gasteiger partial charge in [0.05, 0.1) is 7.11 Å². The van der Waals surface area contributed by atoms with Gasteiger partial charge in [-0.25, -0.2) is 4.98 Å². The van der Waals surface area contributed by atoms with Gasteiger partial charge in [-0.3, -0.25) is 0 Å². The average Bonchev–Trinajstić information content (AvgIpc) is 2.54. The zero-order valence-corrected chi connectivity index (χ0v) is 12.4. The number of fused-ring (bicyclic) bond motifs is 1. The van der Waals surface area contributed by atoms with E-state index in [0.717, 1.165) is 48.8 Å². The number of alkyl halides is 1. The van der Waals surface area contributed by atoms with Gasteiger partial charge >= 0.3 is 0 Å². The SMILES string of the molecule is COc1ccc2ccnc(N3CCC(CCl)CC3)c2c1. The van der Waals surface area contributed by atoms with Crippen molar-refractivity contribution in [2.75, 3.05) is 31.0 Å². The van der Waals surface area contributed by atoms with Crippen molar-refractivity contribution in [3.05, 3.63) is 30.5 Å². The summed E-state index contributed by atoms with van der Waals surface area (Å²) in [6.07, 6.45) is 4.18. The van der Waals surface area contributed by atoms with Crippen LogP contribution in [0.1, 0.15) is 12.8 Å². The van der Waals surface area contributed by atoms with E-state index in [1.807, 2.05) is 18.3 Å².